The average molecular weight is 204 g/mol. The molecule has 0 spiro atoms. The highest BCUT2D eigenvalue weighted by molar-refractivity contribution is 5.21. The molecular weight excluding hydrogens is 184 g/mol. The molecule has 0 aliphatic heterocycles. The summed E-state index contributed by atoms with van der Waals surface area (Å²) in [4.78, 5) is 0. The van der Waals surface area contributed by atoms with Crippen LogP contribution in [0, 0.1) is 6.92 Å². The molecule has 0 saturated heterocycles. The normalized spacial score (nSPS) is 25.7. The molecule has 0 aromatic heterocycles. The first-order chi connectivity index (χ1) is 7.25. The van der Waals surface area contributed by atoms with E-state index in [0.717, 1.165) is 6.54 Å². The van der Waals surface area contributed by atoms with Crippen molar-refractivity contribution >= 4 is 0 Å². The van der Waals surface area contributed by atoms with E-state index >= 15 is 0 Å². The van der Waals surface area contributed by atoms with E-state index in [1.807, 2.05) is 0 Å². The summed E-state index contributed by atoms with van der Waals surface area (Å²) in [7, 11) is 0. The topological polar surface area (TPSA) is 38.0 Å². The fourth-order valence-electron chi connectivity index (χ4n) is 2.20. The summed E-state index contributed by atoms with van der Waals surface area (Å²) >= 11 is 0. The molecule has 15 heavy (non-hydrogen) atoms. The van der Waals surface area contributed by atoms with Gasteiger partial charge in [-0.05, 0) is 25.3 Å². The van der Waals surface area contributed by atoms with Gasteiger partial charge in [0.2, 0.25) is 0 Å². The minimum absolute atomic E-state index is 0.357. The molecule has 0 bridgehead atoms. The second kappa shape index (κ2) is 4.77. The van der Waals surface area contributed by atoms with E-state index in [1.54, 1.807) is 0 Å². The Balaban J connectivity index is 1.85. The molecular formula is C13H20N2. The Morgan fingerprint density at radius 1 is 1.27 bits per heavy atom. The van der Waals surface area contributed by atoms with Crippen LogP contribution in [-0.2, 0) is 6.54 Å². The van der Waals surface area contributed by atoms with E-state index in [1.165, 1.54) is 30.4 Å². The van der Waals surface area contributed by atoms with Crippen molar-refractivity contribution in [3.63, 3.8) is 0 Å². The monoisotopic (exact) mass is 204 g/mol. The van der Waals surface area contributed by atoms with Gasteiger partial charge < -0.3 is 11.1 Å². The van der Waals surface area contributed by atoms with Gasteiger partial charge in [-0.15, -0.1) is 0 Å². The van der Waals surface area contributed by atoms with Gasteiger partial charge in [0.25, 0.3) is 0 Å². The van der Waals surface area contributed by atoms with Crippen LogP contribution in [-0.4, -0.2) is 12.1 Å². The largest absolute Gasteiger partial charge is 0.326 e. The zero-order valence-corrected chi connectivity index (χ0v) is 9.37. The van der Waals surface area contributed by atoms with Crippen molar-refractivity contribution < 1.29 is 0 Å². The van der Waals surface area contributed by atoms with Crippen molar-refractivity contribution in [2.45, 2.75) is 44.8 Å². The summed E-state index contributed by atoms with van der Waals surface area (Å²) in [6, 6.07) is 9.56. The Morgan fingerprint density at radius 2 is 2.00 bits per heavy atom. The summed E-state index contributed by atoms with van der Waals surface area (Å²) in [6.07, 6.45) is 3.67. The van der Waals surface area contributed by atoms with Crippen molar-refractivity contribution in [1.82, 2.24) is 5.32 Å². The van der Waals surface area contributed by atoms with Crippen LogP contribution < -0.4 is 11.1 Å². The summed E-state index contributed by atoms with van der Waals surface area (Å²) in [6.45, 7) is 3.06. The van der Waals surface area contributed by atoms with E-state index in [0.29, 0.717) is 12.1 Å². The molecule has 1 aliphatic rings. The van der Waals surface area contributed by atoms with Crippen LogP contribution in [0.15, 0.2) is 24.3 Å². The Morgan fingerprint density at radius 3 is 2.60 bits per heavy atom. The first-order valence-corrected chi connectivity index (χ1v) is 5.80. The third-order valence-corrected chi connectivity index (χ3v) is 3.26. The number of benzene rings is 1. The molecule has 1 saturated carbocycles. The zero-order valence-electron chi connectivity index (χ0n) is 9.37. The van der Waals surface area contributed by atoms with Crippen LogP contribution in [0.1, 0.15) is 30.4 Å². The highest BCUT2D eigenvalue weighted by atomic mass is 15.0. The smallest absolute Gasteiger partial charge is 0.0222 e. The fraction of sp³-hybridized carbons (Fsp3) is 0.538. The van der Waals surface area contributed by atoms with Crippen molar-refractivity contribution in [3.8, 4) is 0 Å². The second-order valence-corrected chi connectivity index (χ2v) is 4.57. The van der Waals surface area contributed by atoms with Crippen LogP contribution in [0.3, 0.4) is 0 Å². The van der Waals surface area contributed by atoms with E-state index in [9.17, 15) is 0 Å². The highest BCUT2D eigenvalue weighted by Gasteiger charge is 2.22. The molecule has 1 aromatic carbocycles. The van der Waals surface area contributed by atoms with Crippen LogP contribution in [0.25, 0.3) is 0 Å². The lowest BCUT2D eigenvalue weighted by atomic mass is 10.1. The molecule has 82 valence electrons. The predicted octanol–water partition coefficient (Wildman–Crippen LogP) is 1.96. The number of rotatable bonds is 3. The lowest BCUT2D eigenvalue weighted by Crippen LogP contribution is -2.40. The Bertz CT molecular complexity index is 305. The summed E-state index contributed by atoms with van der Waals surface area (Å²) in [5.74, 6) is 0. The summed E-state index contributed by atoms with van der Waals surface area (Å²) in [5, 5.41) is 3.54. The third kappa shape index (κ3) is 2.80. The number of nitrogens with one attached hydrogen (secondary N) is 1. The lowest BCUT2D eigenvalue weighted by molar-refractivity contribution is 0.475. The van der Waals surface area contributed by atoms with Crippen molar-refractivity contribution in [3.05, 3.63) is 35.4 Å². The lowest BCUT2D eigenvalue weighted by Gasteiger charge is -2.17. The number of nitrogens with two attached hydrogens (primary N) is 1. The number of hydrogen-bond acceptors (Lipinski definition) is 2. The van der Waals surface area contributed by atoms with E-state index in [-0.39, 0.29) is 0 Å². The molecule has 1 aromatic rings. The maximum atomic E-state index is 6.00. The minimum Gasteiger partial charge on any atom is -0.326 e. The Labute approximate surface area is 91.9 Å². The molecule has 1 aliphatic carbocycles. The predicted molar refractivity (Wildman–Crippen MR) is 63.6 cm³/mol. The number of aryl methyl sites for hydroxylation is 1. The zero-order chi connectivity index (χ0) is 10.7. The molecule has 3 N–H and O–H groups in total. The molecule has 2 heteroatoms. The van der Waals surface area contributed by atoms with Crippen LogP contribution in [0.4, 0.5) is 0 Å². The van der Waals surface area contributed by atoms with Crippen LogP contribution >= 0.6 is 0 Å². The van der Waals surface area contributed by atoms with Gasteiger partial charge >= 0.3 is 0 Å². The Hall–Kier alpha value is -0.860. The SMILES string of the molecule is Cc1ccc(CN[C@@H]2CCC[C@@H]2N)cc1. The van der Waals surface area contributed by atoms with Gasteiger partial charge in [-0.3, -0.25) is 0 Å². The minimum atomic E-state index is 0.357. The maximum absolute atomic E-state index is 6.00. The number of hydrogen-bond donors (Lipinski definition) is 2. The van der Waals surface area contributed by atoms with Gasteiger partial charge in [-0.1, -0.05) is 36.2 Å². The van der Waals surface area contributed by atoms with E-state index in [2.05, 4.69) is 36.5 Å². The summed E-state index contributed by atoms with van der Waals surface area (Å²) < 4.78 is 0. The third-order valence-electron chi connectivity index (χ3n) is 3.26. The van der Waals surface area contributed by atoms with Crippen molar-refractivity contribution in [1.29, 1.82) is 0 Å². The van der Waals surface area contributed by atoms with Crippen molar-refractivity contribution in [2.24, 2.45) is 5.73 Å². The molecule has 0 amide bonds. The quantitative estimate of drug-likeness (QED) is 0.790. The highest BCUT2D eigenvalue weighted by Crippen LogP contribution is 2.17. The van der Waals surface area contributed by atoms with Gasteiger partial charge in [0.05, 0.1) is 0 Å². The first kappa shape index (κ1) is 10.7. The second-order valence-electron chi connectivity index (χ2n) is 4.57. The van der Waals surface area contributed by atoms with Gasteiger partial charge in [-0.25, -0.2) is 0 Å². The van der Waals surface area contributed by atoms with Crippen LogP contribution in [0.5, 0.6) is 0 Å². The Kier molecular flexibility index (Phi) is 3.39. The molecule has 0 heterocycles. The van der Waals surface area contributed by atoms with Gasteiger partial charge in [0.1, 0.15) is 0 Å². The van der Waals surface area contributed by atoms with E-state index < -0.39 is 0 Å². The molecule has 2 nitrogen and oxygen atoms in total. The molecule has 2 atom stereocenters. The summed E-state index contributed by atoms with van der Waals surface area (Å²) in [5.41, 5.74) is 8.67. The first-order valence-electron chi connectivity index (χ1n) is 5.80. The van der Waals surface area contributed by atoms with Crippen molar-refractivity contribution in [2.75, 3.05) is 0 Å². The average Bonchev–Trinajstić information content (AvgIpc) is 2.63. The molecule has 0 unspecified atom stereocenters. The molecule has 0 radical (unpaired) electrons. The van der Waals surface area contributed by atoms with Crippen LogP contribution in [0.2, 0.25) is 0 Å². The molecule has 2 rings (SSSR count). The molecule has 1 fully saturated rings. The van der Waals surface area contributed by atoms with Gasteiger partial charge in [0, 0.05) is 18.6 Å². The fourth-order valence-corrected chi connectivity index (χ4v) is 2.20. The standard InChI is InChI=1S/C13H20N2/c1-10-5-7-11(8-6-10)9-15-13-4-2-3-12(13)14/h5-8,12-13,15H,2-4,9,14H2,1H3/t12-,13+/m0/s1. The van der Waals surface area contributed by atoms with Gasteiger partial charge in [0.15, 0.2) is 0 Å². The van der Waals surface area contributed by atoms with E-state index in [4.69, 9.17) is 5.73 Å². The maximum Gasteiger partial charge on any atom is 0.0222 e. The van der Waals surface area contributed by atoms with Gasteiger partial charge in [-0.2, -0.15) is 0 Å².